The van der Waals surface area contributed by atoms with Gasteiger partial charge in [0.1, 0.15) is 11.4 Å². The third kappa shape index (κ3) is 5.69. The second kappa shape index (κ2) is 9.61. The molecular weight excluding hydrogens is 443 g/mol. The number of anilines is 1. The summed E-state index contributed by atoms with van der Waals surface area (Å²) in [6.07, 6.45) is -3.04. The zero-order chi connectivity index (χ0) is 24.3. The van der Waals surface area contributed by atoms with Gasteiger partial charge in [-0.25, -0.2) is 0 Å². The summed E-state index contributed by atoms with van der Waals surface area (Å²) in [6.45, 7) is 3.21. The Balaban J connectivity index is 1.88. The first-order chi connectivity index (χ1) is 15.5. The second-order valence-electron chi connectivity index (χ2n) is 7.92. The molecule has 1 aromatic heterocycles. The third-order valence-electron chi connectivity index (χ3n) is 5.53. The molecule has 1 aliphatic heterocycles. The maximum absolute atomic E-state index is 12.9. The van der Waals surface area contributed by atoms with E-state index in [9.17, 15) is 27.9 Å². The molecule has 33 heavy (non-hydrogen) atoms. The highest BCUT2D eigenvalue weighted by Crippen LogP contribution is 2.37. The van der Waals surface area contributed by atoms with E-state index in [0.29, 0.717) is 19.2 Å². The van der Waals surface area contributed by atoms with E-state index in [-0.39, 0.29) is 40.7 Å². The molecule has 5 N–H and O–H groups in total. The Morgan fingerprint density at radius 2 is 2.03 bits per heavy atom. The van der Waals surface area contributed by atoms with Gasteiger partial charge in [0.15, 0.2) is 5.82 Å². The number of carbonyl (C=O) groups is 2. The van der Waals surface area contributed by atoms with Gasteiger partial charge in [-0.05, 0) is 50.1 Å². The van der Waals surface area contributed by atoms with Crippen LogP contribution in [0.15, 0.2) is 18.2 Å². The van der Waals surface area contributed by atoms with Crippen LogP contribution in [0.25, 0.3) is 11.3 Å². The summed E-state index contributed by atoms with van der Waals surface area (Å²) in [5.74, 6) is -2.22. The average Bonchev–Trinajstić information content (AvgIpc) is 2.72. The first kappa shape index (κ1) is 24.2. The van der Waals surface area contributed by atoms with Crippen LogP contribution < -0.4 is 11.1 Å². The minimum atomic E-state index is -4.62. The molecule has 12 heteroatoms. The molecule has 0 saturated carbocycles. The summed E-state index contributed by atoms with van der Waals surface area (Å²) < 4.78 is 38.7. The van der Waals surface area contributed by atoms with Crippen LogP contribution >= 0.6 is 0 Å². The average molecular weight is 467 g/mol. The van der Waals surface area contributed by atoms with Crippen molar-refractivity contribution in [2.75, 3.05) is 25.0 Å². The number of aliphatic carboxylic acids is 1. The minimum absolute atomic E-state index is 0.0143. The molecule has 2 heterocycles. The van der Waals surface area contributed by atoms with Crippen molar-refractivity contribution in [3.8, 4) is 17.0 Å². The normalized spacial score (nSPS) is 17.0. The van der Waals surface area contributed by atoms with Crippen LogP contribution in [0.1, 0.15) is 40.7 Å². The molecule has 2 aromatic rings. The molecule has 3 rings (SSSR count). The Morgan fingerprint density at radius 1 is 1.30 bits per heavy atom. The SMILES string of the molecule is Cc1c(-c2ccc(C(F)(F)F)cc2O)nnc(N[C@@H]2CCCN(CCC(=O)O)C2)c1C(N)=O. The lowest BCUT2D eigenvalue weighted by Gasteiger charge is -2.33. The zero-order valence-corrected chi connectivity index (χ0v) is 17.8. The van der Waals surface area contributed by atoms with E-state index >= 15 is 0 Å². The summed E-state index contributed by atoms with van der Waals surface area (Å²) in [5, 5.41) is 30.3. The summed E-state index contributed by atoms with van der Waals surface area (Å²) in [4.78, 5) is 25.0. The van der Waals surface area contributed by atoms with Gasteiger partial charge < -0.3 is 26.2 Å². The van der Waals surface area contributed by atoms with E-state index in [1.54, 1.807) is 0 Å². The van der Waals surface area contributed by atoms with Gasteiger partial charge in [-0.2, -0.15) is 13.2 Å². The van der Waals surface area contributed by atoms with Crippen molar-refractivity contribution in [1.29, 1.82) is 0 Å². The molecule has 1 atom stereocenters. The van der Waals surface area contributed by atoms with Crippen molar-refractivity contribution in [2.45, 2.75) is 38.4 Å². The van der Waals surface area contributed by atoms with E-state index in [0.717, 1.165) is 31.5 Å². The standard InChI is InChI=1S/C21H24F3N5O4/c1-11-17(19(25)33)20(26-13-3-2-7-29(10-13)8-6-16(31)32)28-27-18(11)14-5-4-12(9-15(14)30)21(22,23)24/h4-5,9,13,30H,2-3,6-8,10H2,1H3,(H2,25,33)(H,26,28)(H,31,32)/t13-/m1/s1. The molecule has 178 valence electrons. The number of likely N-dealkylation sites (tertiary alicyclic amines) is 1. The number of piperidine rings is 1. The number of carboxylic acid groups (broad SMARTS) is 1. The minimum Gasteiger partial charge on any atom is -0.507 e. The molecule has 1 saturated heterocycles. The van der Waals surface area contributed by atoms with Crippen LogP contribution in [0.3, 0.4) is 0 Å². The number of amides is 1. The van der Waals surface area contributed by atoms with Gasteiger partial charge in [-0.3, -0.25) is 9.59 Å². The topological polar surface area (TPSA) is 142 Å². The van der Waals surface area contributed by atoms with Crippen LogP contribution in [-0.2, 0) is 11.0 Å². The maximum Gasteiger partial charge on any atom is 0.416 e. The predicted octanol–water partition coefficient (Wildman–Crippen LogP) is 2.63. The molecule has 9 nitrogen and oxygen atoms in total. The fraction of sp³-hybridized carbons (Fsp3) is 0.429. The molecule has 0 aliphatic carbocycles. The largest absolute Gasteiger partial charge is 0.507 e. The molecule has 0 bridgehead atoms. The first-order valence-corrected chi connectivity index (χ1v) is 10.3. The second-order valence-corrected chi connectivity index (χ2v) is 7.92. The van der Waals surface area contributed by atoms with Crippen molar-refractivity contribution < 1.29 is 33.0 Å². The fourth-order valence-electron chi connectivity index (χ4n) is 3.91. The highest BCUT2D eigenvalue weighted by molar-refractivity contribution is 6.00. The Hall–Kier alpha value is -3.41. The number of phenols is 1. The molecule has 0 unspecified atom stereocenters. The van der Waals surface area contributed by atoms with Crippen molar-refractivity contribution in [2.24, 2.45) is 5.73 Å². The lowest BCUT2D eigenvalue weighted by atomic mass is 9.99. The van der Waals surface area contributed by atoms with Crippen molar-refractivity contribution in [3.05, 3.63) is 34.9 Å². The summed E-state index contributed by atoms with van der Waals surface area (Å²) >= 11 is 0. The number of nitrogens with zero attached hydrogens (tertiary/aromatic N) is 3. The van der Waals surface area contributed by atoms with Gasteiger partial charge >= 0.3 is 12.1 Å². The molecule has 1 amide bonds. The number of halogens is 3. The summed E-state index contributed by atoms with van der Waals surface area (Å²) in [6, 6.07) is 2.32. The smallest absolute Gasteiger partial charge is 0.416 e. The number of alkyl halides is 3. The van der Waals surface area contributed by atoms with E-state index < -0.39 is 29.4 Å². The monoisotopic (exact) mass is 467 g/mol. The van der Waals surface area contributed by atoms with Gasteiger partial charge in [0.05, 0.1) is 17.5 Å². The van der Waals surface area contributed by atoms with Crippen molar-refractivity contribution >= 4 is 17.7 Å². The van der Waals surface area contributed by atoms with Crippen LogP contribution in [0.4, 0.5) is 19.0 Å². The quantitative estimate of drug-likeness (QED) is 0.487. The molecular formula is C21H24F3N5O4. The van der Waals surface area contributed by atoms with Gasteiger partial charge in [0.2, 0.25) is 0 Å². The summed E-state index contributed by atoms with van der Waals surface area (Å²) in [7, 11) is 0. The number of primary amides is 1. The number of rotatable bonds is 7. The number of hydrogen-bond acceptors (Lipinski definition) is 7. The maximum atomic E-state index is 12.9. The molecule has 1 aromatic carbocycles. The van der Waals surface area contributed by atoms with Crippen molar-refractivity contribution in [3.63, 3.8) is 0 Å². The van der Waals surface area contributed by atoms with E-state index in [1.165, 1.54) is 6.92 Å². The number of nitrogens with one attached hydrogen (secondary N) is 1. The number of benzene rings is 1. The number of nitrogens with two attached hydrogens (primary N) is 1. The predicted molar refractivity (Wildman–Crippen MR) is 113 cm³/mol. The van der Waals surface area contributed by atoms with Crippen LogP contribution in [0.5, 0.6) is 5.75 Å². The molecule has 0 spiro atoms. The molecule has 1 fully saturated rings. The number of phenolic OH excluding ortho intramolecular Hbond substituents is 1. The fourth-order valence-corrected chi connectivity index (χ4v) is 3.91. The van der Waals surface area contributed by atoms with Crippen molar-refractivity contribution in [1.82, 2.24) is 15.1 Å². The number of hydrogen-bond donors (Lipinski definition) is 4. The van der Waals surface area contributed by atoms with E-state index in [1.807, 2.05) is 4.90 Å². The Labute approximate surface area is 187 Å². The number of carboxylic acids is 1. The zero-order valence-electron chi connectivity index (χ0n) is 17.8. The third-order valence-corrected chi connectivity index (χ3v) is 5.53. The Bertz CT molecular complexity index is 1060. The number of aromatic hydroxyl groups is 1. The lowest BCUT2D eigenvalue weighted by molar-refractivity contribution is -0.138. The van der Waals surface area contributed by atoms with E-state index in [4.69, 9.17) is 10.8 Å². The first-order valence-electron chi connectivity index (χ1n) is 10.3. The Kier molecular flexibility index (Phi) is 7.06. The summed E-state index contributed by atoms with van der Waals surface area (Å²) in [5.41, 5.74) is 4.83. The van der Waals surface area contributed by atoms with Gasteiger partial charge in [-0.1, -0.05) is 0 Å². The number of aromatic nitrogens is 2. The van der Waals surface area contributed by atoms with Gasteiger partial charge in [0.25, 0.3) is 5.91 Å². The molecule has 1 aliphatic rings. The number of carbonyl (C=O) groups excluding carboxylic acids is 1. The highest BCUT2D eigenvalue weighted by Gasteiger charge is 2.32. The van der Waals surface area contributed by atoms with Crippen LogP contribution in [0, 0.1) is 6.92 Å². The van der Waals surface area contributed by atoms with E-state index in [2.05, 4.69) is 15.5 Å². The lowest BCUT2D eigenvalue weighted by Crippen LogP contribution is -2.43. The van der Waals surface area contributed by atoms with Crippen LogP contribution in [-0.4, -0.2) is 62.9 Å². The molecule has 0 radical (unpaired) electrons. The Morgan fingerprint density at radius 3 is 2.64 bits per heavy atom. The van der Waals surface area contributed by atoms with Gasteiger partial charge in [0, 0.05) is 24.7 Å². The highest BCUT2D eigenvalue weighted by atomic mass is 19.4. The van der Waals surface area contributed by atoms with Gasteiger partial charge in [-0.15, -0.1) is 10.2 Å². The van der Waals surface area contributed by atoms with Crippen LogP contribution in [0.2, 0.25) is 0 Å².